The van der Waals surface area contributed by atoms with Crippen LogP contribution in [0.1, 0.15) is 12.8 Å². The molecule has 0 radical (unpaired) electrons. The van der Waals surface area contributed by atoms with Crippen LogP contribution in [0.15, 0.2) is 64.3 Å². The van der Waals surface area contributed by atoms with Gasteiger partial charge >= 0.3 is 5.97 Å². The number of fused-ring (bicyclic) bond motifs is 1. The van der Waals surface area contributed by atoms with Gasteiger partial charge in [-0.3, -0.25) is 9.59 Å². The molecule has 156 valence electrons. The summed E-state index contributed by atoms with van der Waals surface area (Å²) in [7, 11) is -3.58. The normalized spacial score (nSPS) is 15.9. The lowest BCUT2D eigenvalue weighted by atomic mass is 9.99. The molecule has 0 bridgehead atoms. The summed E-state index contributed by atoms with van der Waals surface area (Å²) in [5, 5.41) is 8.13. The number of piperidine rings is 1. The highest BCUT2D eigenvalue weighted by molar-refractivity contribution is 7.89. The second-order valence-electron chi connectivity index (χ2n) is 7.00. The molecule has 0 N–H and O–H groups in total. The van der Waals surface area contributed by atoms with Crippen LogP contribution in [-0.4, -0.2) is 46.8 Å². The van der Waals surface area contributed by atoms with Crippen molar-refractivity contribution in [1.82, 2.24) is 19.3 Å². The molecule has 1 saturated heterocycles. The van der Waals surface area contributed by atoms with Gasteiger partial charge in [0.05, 0.1) is 16.2 Å². The fourth-order valence-corrected chi connectivity index (χ4v) is 4.91. The third-order valence-corrected chi connectivity index (χ3v) is 7.04. The highest BCUT2D eigenvalue weighted by atomic mass is 32.2. The van der Waals surface area contributed by atoms with Gasteiger partial charge in [-0.25, -0.2) is 8.42 Å². The van der Waals surface area contributed by atoms with Crippen molar-refractivity contribution in [3.63, 3.8) is 0 Å². The number of rotatable bonds is 5. The minimum atomic E-state index is -3.58. The van der Waals surface area contributed by atoms with Gasteiger partial charge in [-0.15, -0.1) is 5.10 Å². The Bertz CT molecular complexity index is 1220. The van der Waals surface area contributed by atoms with Crippen molar-refractivity contribution in [2.75, 3.05) is 13.1 Å². The van der Waals surface area contributed by atoms with E-state index in [-0.39, 0.29) is 24.7 Å². The Kier molecular flexibility index (Phi) is 5.60. The maximum absolute atomic E-state index is 12.7. The van der Waals surface area contributed by atoms with Gasteiger partial charge in [-0.2, -0.15) is 8.99 Å². The zero-order valence-electron chi connectivity index (χ0n) is 16.0. The Labute approximate surface area is 172 Å². The lowest BCUT2D eigenvalue weighted by molar-refractivity contribution is -0.154. The second kappa shape index (κ2) is 8.33. The Balaban J connectivity index is 1.36. The third kappa shape index (κ3) is 3.96. The number of aromatic nitrogens is 3. The molecule has 2 aromatic carbocycles. The first-order valence-electron chi connectivity index (χ1n) is 9.51. The van der Waals surface area contributed by atoms with Crippen LogP contribution in [0.25, 0.3) is 10.9 Å². The molecule has 10 heteroatoms. The molecular formula is C20H20N4O5S. The maximum atomic E-state index is 12.7. The van der Waals surface area contributed by atoms with Crippen LogP contribution < -0.4 is 5.56 Å². The summed E-state index contributed by atoms with van der Waals surface area (Å²) in [6.45, 7) is 0.122. The number of carbonyl (C=O) groups is 1. The van der Waals surface area contributed by atoms with E-state index in [4.69, 9.17) is 4.74 Å². The highest BCUT2D eigenvalue weighted by Crippen LogP contribution is 2.24. The van der Waals surface area contributed by atoms with E-state index in [2.05, 4.69) is 10.3 Å². The molecule has 0 unspecified atom stereocenters. The molecule has 1 aromatic heterocycles. The number of hydrogen-bond donors (Lipinski definition) is 0. The first-order chi connectivity index (χ1) is 14.5. The van der Waals surface area contributed by atoms with Gasteiger partial charge in [-0.1, -0.05) is 35.5 Å². The Hall–Kier alpha value is -3.11. The summed E-state index contributed by atoms with van der Waals surface area (Å²) in [4.78, 5) is 25.1. The predicted molar refractivity (Wildman–Crippen MR) is 108 cm³/mol. The Morgan fingerprint density at radius 3 is 2.43 bits per heavy atom. The molecule has 3 aromatic rings. The zero-order valence-corrected chi connectivity index (χ0v) is 16.9. The molecule has 0 saturated carbocycles. The van der Waals surface area contributed by atoms with Crippen molar-refractivity contribution in [3.05, 3.63) is 65.0 Å². The van der Waals surface area contributed by atoms with Crippen molar-refractivity contribution in [2.24, 2.45) is 5.92 Å². The summed E-state index contributed by atoms with van der Waals surface area (Å²) in [5.41, 5.74) is 0.0780. The fourth-order valence-electron chi connectivity index (χ4n) is 3.42. The molecule has 0 spiro atoms. The van der Waals surface area contributed by atoms with Gasteiger partial charge in [0.1, 0.15) is 5.52 Å². The van der Waals surface area contributed by atoms with E-state index in [9.17, 15) is 18.0 Å². The van der Waals surface area contributed by atoms with Crippen LogP contribution >= 0.6 is 0 Å². The molecule has 1 fully saturated rings. The van der Waals surface area contributed by atoms with Crippen molar-refractivity contribution in [3.8, 4) is 0 Å². The first-order valence-corrected chi connectivity index (χ1v) is 11.0. The lowest BCUT2D eigenvalue weighted by Crippen LogP contribution is -2.40. The molecule has 4 rings (SSSR count). The van der Waals surface area contributed by atoms with E-state index >= 15 is 0 Å². The van der Waals surface area contributed by atoms with Crippen LogP contribution in [0, 0.1) is 5.92 Å². The van der Waals surface area contributed by atoms with Gasteiger partial charge in [0, 0.05) is 13.1 Å². The quantitative estimate of drug-likeness (QED) is 0.565. The summed E-state index contributed by atoms with van der Waals surface area (Å²) in [5.74, 6) is -0.912. The van der Waals surface area contributed by atoms with Gasteiger partial charge in [0.25, 0.3) is 5.56 Å². The number of sulfonamides is 1. The van der Waals surface area contributed by atoms with Crippen molar-refractivity contribution in [1.29, 1.82) is 0 Å². The summed E-state index contributed by atoms with van der Waals surface area (Å²) in [6, 6.07) is 15.0. The van der Waals surface area contributed by atoms with E-state index in [0.717, 1.165) is 4.68 Å². The number of esters is 1. The highest BCUT2D eigenvalue weighted by Gasteiger charge is 2.32. The van der Waals surface area contributed by atoms with E-state index in [1.54, 1.807) is 54.6 Å². The molecule has 2 heterocycles. The van der Waals surface area contributed by atoms with Crippen molar-refractivity contribution in [2.45, 2.75) is 24.5 Å². The minimum absolute atomic E-state index is 0.229. The van der Waals surface area contributed by atoms with Crippen molar-refractivity contribution >= 4 is 26.9 Å². The monoisotopic (exact) mass is 428 g/mol. The van der Waals surface area contributed by atoms with E-state index in [1.165, 1.54) is 4.31 Å². The molecule has 1 aliphatic heterocycles. The Morgan fingerprint density at radius 1 is 1.03 bits per heavy atom. The summed E-state index contributed by atoms with van der Waals surface area (Å²) >= 11 is 0. The van der Waals surface area contributed by atoms with Crippen molar-refractivity contribution < 1.29 is 17.9 Å². The molecule has 9 nitrogen and oxygen atoms in total. The number of nitrogens with zero attached hydrogens (tertiary/aromatic N) is 4. The van der Waals surface area contributed by atoms with Gasteiger partial charge in [-0.05, 0) is 37.1 Å². The topological polar surface area (TPSA) is 111 Å². The average molecular weight is 428 g/mol. The summed E-state index contributed by atoms with van der Waals surface area (Å²) < 4.78 is 33.0. The average Bonchev–Trinajstić information content (AvgIpc) is 2.79. The number of hydrogen-bond acceptors (Lipinski definition) is 7. The van der Waals surface area contributed by atoms with E-state index in [1.807, 2.05) is 0 Å². The lowest BCUT2D eigenvalue weighted by Gasteiger charge is -2.30. The van der Waals surface area contributed by atoms with Crippen LogP contribution in [0.2, 0.25) is 0 Å². The SMILES string of the molecule is O=C(OCn1nnc2ccccc2c1=O)C1CCN(S(=O)(=O)c2ccccc2)CC1. The summed E-state index contributed by atoms with van der Waals surface area (Å²) in [6.07, 6.45) is 0.701. The maximum Gasteiger partial charge on any atom is 0.310 e. The Morgan fingerprint density at radius 2 is 1.70 bits per heavy atom. The number of benzene rings is 2. The molecule has 1 aliphatic rings. The largest absolute Gasteiger partial charge is 0.442 e. The van der Waals surface area contributed by atoms with Gasteiger partial charge in [0.2, 0.25) is 10.0 Å². The number of ether oxygens (including phenoxy) is 1. The van der Waals surface area contributed by atoms with Crippen LogP contribution in [-0.2, 0) is 26.3 Å². The third-order valence-electron chi connectivity index (χ3n) is 5.13. The van der Waals surface area contributed by atoms with E-state index < -0.39 is 27.5 Å². The van der Waals surface area contributed by atoms with Crippen LogP contribution in [0.5, 0.6) is 0 Å². The molecule has 0 atom stereocenters. The number of carbonyl (C=O) groups excluding carboxylic acids is 1. The fraction of sp³-hybridized carbons (Fsp3) is 0.300. The van der Waals surface area contributed by atoms with Gasteiger partial charge < -0.3 is 4.74 Å². The first kappa shape index (κ1) is 20.2. The second-order valence-corrected chi connectivity index (χ2v) is 8.93. The van der Waals surface area contributed by atoms with E-state index in [0.29, 0.717) is 23.7 Å². The van der Waals surface area contributed by atoms with Crippen LogP contribution in [0.4, 0.5) is 0 Å². The molecule has 30 heavy (non-hydrogen) atoms. The van der Waals surface area contributed by atoms with Crippen LogP contribution in [0.3, 0.4) is 0 Å². The molecule has 0 amide bonds. The molecular weight excluding hydrogens is 408 g/mol. The van der Waals surface area contributed by atoms with Gasteiger partial charge in [0.15, 0.2) is 6.73 Å². The molecule has 0 aliphatic carbocycles. The zero-order chi connectivity index (χ0) is 21.1. The minimum Gasteiger partial charge on any atom is -0.442 e. The standard InChI is InChI=1S/C20H20N4O5S/c25-19-17-8-4-5-9-18(17)21-22-24(19)14-29-20(26)15-10-12-23(13-11-15)30(27,28)16-6-2-1-3-7-16/h1-9,15H,10-14H2. The smallest absolute Gasteiger partial charge is 0.310 e. The predicted octanol–water partition coefficient (Wildman–Crippen LogP) is 1.39.